The molecule has 0 aliphatic carbocycles. The van der Waals surface area contributed by atoms with E-state index >= 15 is 0 Å². The zero-order valence-electron chi connectivity index (χ0n) is 15.5. The number of benzene rings is 1. The molecule has 1 aliphatic heterocycles. The Balaban J connectivity index is 1.65. The highest BCUT2D eigenvalue weighted by molar-refractivity contribution is 7.99. The van der Waals surface area contributed by atoms with Crippen molar-refractivity contribution < 1.29 is 14.4 Å². The number of morpholine rings is 1. The van der Waals surface area contributed by atoms with Gasteiger partial charge in [-0.25, -0.2) is 4.98 Å². The summed E-state index contributed by atoms with van der Waals surface area (Å²) in [5.74, 6) is 0.919. The van der Waals surface area contributed by atoms with Crippen molar-refractivity contribution in [2.24, 2.45) is 0 Å². The van der Waals surface area contributed by atoms with Crippen molar-refractivity contribution in [3.8, 4) is 0 Å². The van der Waals surface area contributed by atoms with Gasteiger partial charge in [-0.2, -0.15) is 0 Å². The number of hydrogen-bond acceptors (Lipinski definition) is 5. The van der Waals surface area contributed by atoms with E-state index in [0.29, 0.717) is 18.7 Å². The van der Waals surface area contributed by atoms with E-state index in [1.165, 1.54) is 0 Å². The molecule has 0 saturated carbocycles. The van der Waals surface area contributed by atoms with Crippen molar-refractivity contribution in [1.29, 1.82) is 0 Å². The number of aromatic amines is 1. The Labute approximate surface area is 161 Å². The van der Waals surface area contributed by atoms with E-state index in [-0.39, 0.29) is 5.56 Å². The molecule has 4 rings (SSSR count). The van der Waals surface area contributed by atoms with Crippen LogP contribution >= 0.6 is 11.8 Å². The summed E-state index contributed by atoms with van der Waals surface area (Å²) in [6, 6.07) is 7.92. The van der Waals surface area contributed by atoms with Crippen molar-refractivity contribution in [3.63, 3.8) is 0 Å². The number of nitrogens with zero attached hydrogens (tertiary/aromatic N) is 2. The van der Waals surface area contributed by atoms with Crippen molar-refractivity contribution in [1.82, 2.24) is 14.5 Å². The quantitative estimate of drug-likeness (QED) is 0.456. The SMILES string of the molecule is COCCn1c(SCC[NH+]2CCOCC2)nc2c([nH]c3ccccc32)c1=O. The van der Waals surface area contributed by atoms with Crippen molar-refractivity contribution in [3.05, 3.63) is 34.6 Å². The van der Waals surface area contributed by atoms with E-state index in [9.17, 15) is 4.79 Å². The highest BCUT2D eigenvalue weighted by atomic mass is 32.2. The third-order valence-corrected chi connectivity index (χ3v) is 5.96. The molecule has 0 bridgehead atoms. The molecule has 2 aromatic heterocycles. The minimum atomic E-state index is -0.0329. The maximum atomic E-state index is 13.1. The molecular formula is C19H25N4O3S+. The zero-order chi connectivity index (χ0) is 18.6. The van der Waals surface area contributed by atoms with Gasteiger partial charge < -0.3 is 19.4 Å². The fourth-order valence-electron chi connectivity index (χ4n) is 3.46. The van der Waals surface area contributed by atoms with Gasteiger partial charge in [-0.05, 0) is 6.07 Å². The average Bonchev–Trinajstić information content (AvgIpc) is 3.08. The van der Waals surface area contributed by atoms with Crippen LogP contribution in [-0.2, 0) is 16.0 Å². The topological polar surface area (TPSA) is 73.6 Å². The van der Waals surface area contributed by atoms with E-state index < -0.39 is 0 Å². The lowest BCUT2D eigenvalue weighted by molar-refractivity contribution is -0.905. The summed E-state index contributed by atoms with van der Waals surface area (Å²) in [6.07, 6.45) is 0. The van der Waals surface area contributed by atoms with Crippen molar-refractivity contribution in [2.45, 2.75) is 11.7 Å². The molecule has 27 heavy (non-hydrogen) atoms. The molecule has 0 unspecified atom stereocenters. The molecule has 1 aliphatic rings. The lowest BCUT2D eigenvalue weighted by atomic mass is 10.2. The standard InChI is InChI=1S/C19H24N4O3S/c1-25-10-8-23-18(24)17-16(14-4-2-3-5-15(14)20-17)21-19(23)27-13-9-22-6-11-26-12-7-22/h2-5,20H,6-13H2,1H3/p+1. The third kappa shape index (κ3) is 3.89. The first-order valence-electron chi connectivity index (χ1n) is 9.32. The van der Waals surface area contributed by atoms with Crippen molar-refractivity contribution in [2.75, 3.05) is 52.3 Å². The van der Waals surface area contributed by atoms with E-state index in [4.69, 9.17) is 14.5 Å². The van der Waals surface area contributed by atoms with Crippen LogP contribution < -0.4 is 10.5 Å². The Morgan fingerprint density at radius 1 is 1.33 bits per heavy atom. The average molecular weight is 390 g/mol. The number of methoxy groups -OCH3 is 1. The van der Waals surface area contributed by atoms with Gasteiger partial charge in [0.1, 0.15) is 24.1 Å². The Morgan fingerprint density at radius 2 is 2.15 bits per heavy atom. The molecule has 8 heteroatoms. The number of ether oxygens (including phenoxy) is 2. The monoisotopic (exact) mass is 389 g/mol. The first-order valence-corrected chi connectivity index (χ1v) is 10.3. The van der Waals surface area contributed by atoms with Crippen LogP contribution in [0.1, 0.15) is 0 Å². The number of para-hydroxylation sites is 1. The Morgan fingerprint density at radius 3 is 2.96 bits per heavy atom. The number of H-pyrrole nitrogens is 1. The lowest BCUT2D eigenvalue weighted by Crippen LogP contribution is -3.14. The Kier molecular flexibility index (Phi) is 5.77. The number of quaternary nitrogens is 1. The van der Waals surface area contributed by atoms with Crippen molar-refractivity contribution >= 4 is 33.7 Å². The molecule has 3 aromatic rings. The van der Waals surface area contributed by atoms with Gasteiger partial charge in [-0.15, -0.1) is 0 Å². The van der Waals surface area contributed by atoms with Gasteiger partial charge >= 0.3 is 0 Å². The molecule has 0 spiro atoms. The van der Waals surface area contributed by atoms with Crippen LogP contribution in [0.3, 0.4) is 0 Å². The van der Waals surface area contributed by atoms with E-state index in [1.807, 2.05) is 24.3 Å². The second-order valence-electron chi connectivity index (χ2n) is 6.70. The smallest absolute Gasteiger partial charge is 0.278 e. The van der Waals surface area contributed by atoms with Gasteiger partial charge in [-0.3, -0.25) is 9.36 Å². The van der Waals surface area contributed by atoms with Gasteiger partial charge in [0.15, 0.2) is 5.16 Å². The predicted octanol–water partition coefficient (Wildman–Crippen LogP) is 0.531. The summed E-state index contributed by atoms with van der Waals surface area (Å²) in [6.45, 7) is 5.78. The first kappa shape index (κ1) is 18.5. The number of fused-ring (bicyclic) bond motifs is 3. The molecule has 2 N–H and O–H groups in total. The minimum absolute atomic E-state index is 0.0329. The first-order chi connectivity index (χ1) is 13.3. The lowest BCUT2D eigenvalue weighted by Gasteiger charge is -2.23. The van der Waals surface area contributed by atoms with Crippen LogP contribution in [0.15, 0.2) is 34.2 Å². The fourth-order valence-corrected chi connectivity index (χ4v) is 4.52. The molecule has 0 atom stereocenters. The normalized spacial score (nSPS) is 15.7. The van der Waals surface area contributed by atoms with Gasteiger partial charge in [0.2, 0.25) is 0 Å². The molecule has 0 amide bonds. The van der Waals surface area contributed by atoms with Crippen LogP contribution in [0.2, 0.25) is 0 Å². The molecular weight excluding hydrogens is 364 g/mol. The fraction of sp³-hybridized carbons (Fsp3) is 0.474. The largest absolute Gasteiger partial charge is 0.383 e. The summed E-state index contributed by atoms with van der Waals surface area (Å²) in [7, 11) is 1.65. The second-order valence-corrected chi connectivity index (χ2v) is 7.76. The predicted molar refractivity (Wildman–Crippen MR) is 107 cm³/mol. The molecule has 7 nitrogen and oxygen atoms in total. The molecule has 3 heterocycles. The summed E-state index contributed by atoms with van der Waals surface area (Å²) in [4.78, 5) is 22.7. The van der Waals surface area contributed by atoms with Crippen LogP contribution in [0, 0.1) is 0 Å². The third-order valence-electron chi connectivity index (χ3n) is 4.98. The zero-order valence-corrected chi connectivity index (χ0v) is 16.3. The summed E-state index contributed by atoms with van der Waals surface area (Å²) in [5.41, 5.74) is 2.23. The summed E-state index contributed by atoms with van der Waals surface area (Å²) in [5, 5.41) is 1.76. The van der Waals surface area contributed by atoms with E-state index in [1.54, 1.807) is 28.3 Å². The molecule has 1 aromatic carbocycles. The summed E-state index contributed by atoms with van der Waals surface area (Å²) < 4.78 is 12.4. The highest BCUT2D eigenvalue weighted by Crippen LogP contribution is 2.24. The molecule has 1 fully saturated rings. The number of nitrogens with one attached hydrogen (secondary N) is 2. The number of hydrogen-bond donors (Lipinski definition) is 2. The number of rotatable bonds is 7. The van der Waals surface area contributed by atoms with Gasteiger partial charge in [0, 0.05) is 18.0 Å². The Bertz CT molecular complexity index is 978. The van der Waals surface area contributed by atoms with Crippen LogP contribution in [0.5, 0.6) is 0 Å². The maximum Gasteiger partial charge on any atom is 0.278 e. The highest BCUT2D eigenvalue weighted by Gasteiger charge is 2.17. The van der Waals surface area contributed by atoms with E-state index in [0.717, 1.165) is 60.2 Å². The maximum absolute atomic E-state index is 13.1. The van der Waals surface area contributed by atoms with Crippen LogP contribution in [-0.4, -0.2) is 66.9 Å². The second kappa shape index (κ2) is 8.43. The minimum Gasteiger partial charge on any atom is -0.383 e. The molecule has 1 saturated heterocycles. The Hall–Kier alpha value is -1.87. The van der Waals surface area contributed by atoms with Gasteiger partial charge in [0.25, 0.3) is 5.56 Å². The number of aromatic nitrogens is 3. The number of thioether (sulfide) groups is 1. The van der Waals surface area contributed by atoms with Gasteiger partial charge in [0.05, 0.1) is 38.7 Å². The summed E-state index contributed by atoms with van der Waals surface area (Å²) >= 11 is 1.65. The van der Waals surface area contributed by atoms with Gasteiger partial charge in [-0.1, -0.05) is 30.0 Å². The molecule has 144 valence electrons. The van der Waals surface area contributed by atoms with Crippen LogP contribution in [0.4, 0.5) is 0 Å². The van der Waals surface area contributed by atoms with Crippen LogP contribution in [0.25, 0.3) is 21.9 Å². The van der Waals surface area contributed by atoms with E-state index in [2.05, 4.69) is 4.98 Å². The molecule has 0 radical (unpaired) electrons.